The van der Waals surface area contributed by atoms with Crippen molar-refractivity contribution in [3.8, 4) is 11.5 Å². The molecule has 1 unspecified atom stereocenters. The number of guanidine groups is 1. The summed E-state index contributed by atoms with van der Waals surface area (Å²) in [5, 5.41) is 6.83. The molecule has 154 valence electrons. The second-order valence-electron chi connectivity index (χ2n) is 6.45. The quantitative estimate of drug-likeness (QED) is 0.404. The molecule has 0 aliphatic heterocycles. The van der Waals surface area contributed by atoms with E-state index in [1.807, 2.05) is 12.1 Å². The van der Waals surface area contributed by atoms with Gasteiger partial charge in [0.2, 0.25) is 0 Å². The molecule has 1 aromatic rings. The minimum Gasteiger partial charge on any atom is -0.493 e. The monoisotopic (exact) mass is 442 g/mol. The highest BCUT2D eigenvalue weighted by Gasteiger charge is 2.11. The summed E-state index contributed by atoms with van der Waals surface area (Å²) in [5.41, 5.74) is 1.08. The third kappa shape index (κ3) is 7.97. The van der Waals surface area contributed by atoms with Gasteiger partial charge in [0.1, 0.15) is 0 Å². The fraction of sp³-hybridized carbons (Fsp3) is 0.650. The van der Waals surface area contributed by atoms with E-state index in [-0.39, 0.29) is 0 Å². The number of nitrogens with one attached hydrogen (secondary N) is 2. The fourth-order valence-corrected chi connectivity index (χ4v) is 3.57. The van der Waals surface area contributed by atoms with Crippen molar-refractivity contribution in [2.24, 2.45) is 4.99 Å². The van der Waals surface area contributed by atoms with Crippen molar-refractivity contribution >= 4 is 21.9 Å². The summed E-state index contributed by atoms with van der Waals surface area (Å²) in [6.45, 7) is 10.6. The van der Waals surface area contributed by atoms with Crippen LogP contribution in [-0.2, 0) is 6.54 Å². The zero-order chi connectivity index (χ0) is 20.2. The van der Waals surface area contributed by atoms with Gasteiger partial charge in [-0.15, -0.1) is 0 Å². The molecular formula is C20H35BrN4O2. The standard InChI is InChI=1S/C20H35BrN4O2/c1-7-25(8-2)11-9-10-15(3)24-20(22-4)23-14-16-12-17(21)19(27-6)18(13-16)26-5/h12-13,15H,7-11,14H2,1-6H3,(H2,22,23,24). The molecule has 0 radical (unpaired) electrons. The van der Waals surface area contributed by atoms with E-state index in [1.54, 1.807) is 21.3 Å². The Hall–Kier alpha value is -1.47. The third-order valence-corrected chi connectivity index (χ3v) is 5.15. The first kappa shape index (κ1) is 23.6. The van der Waals surface area contributed by atoms with E-state index >= 15 is 0 Å². The third-order valence-electron chi connectivity index (χ3n) is 4.57. The van der Waals surface area contributed by atoms with E-state index in [1.165, 1.54) is 6.42 Å². The molecule has 7 heteroatoms. The van der Waals surface area contributed by atoms with Crippen molar-refractivity contribution in [1.29, 1.82) is 0 Å². The van der Waals surface area contributed by atoms with Gasteiger partial charge < -0.3 is 25.0 Å². The van der Waals surface area contributed by atoms with Crippen LogP contribution in [-0.4, -0.2) is 57.8 Å². The molecule has 0 fully saturated rings. The molecule has 1 rings (SSSR count). The first-order chi connectivity index (χ1) is 13.0. The van der Waals surface area contributed by atoms with Crippen molar-refractivity contribution in [1.82, 2.24) is 15.5 Å². The Kier molecular flexibility index (Phi) is 11.2. The molecule has 0 amide bonds. The van der Waals surface area contributed by atoms with Gasteiger partial charge in [0.15, 0.2) is 17.5 Å². The zero-order valence-corrected chi connectivity index (χ0v) is 19.1. The van der Waals surface area contributed by atoms with Gasteiger partial charge in [-0.2, -0.15) is 0 Å². The average Bonchev–Trinajstić information content (AvgIpc) is 2.67. The fourth-order valence-electron chi connectivity index (χ4n) is 2.92. The Labute approximate surface area is 172 Å². The van der Waals surface area contributed by atoms with Gasteiger partial charge in [0.05, 0.1) is 18.7 Å². The van der Waals surface area contributed by atoms with Crippen LogP contribution in [0.1, 0.15) is 39.2 Å². The summed E-state index contributed by atoms with van der Waals surface area (Å²) in [6, 6.07) is 4.36. The summed E-state index contributed by atoms with van der Waals surface area (Å²) in [4.78, 5) is 6.79. The SMILES string of the molecule is CCN(CC)CCCC(C)NC(=NC)NCc1cc(Br)c(OC)c(OC)c1. The van der Waals surface area contributed by atoms with E-state index in [9.17, 15) is 0 Å². The Morgan fingerprint density at radius 1 is 1.22 bits per heavy atom. The van der Waals surface area contributed by atoms with Gasteiger partial charge in [-0.3, -0.25) is 4.99 Å². The van der Waals surface area contributed by atoms with Crippen LogP contribution in [0.5, 0.6) is 11.5 Å². The predicted molar refractivity (Wildman–Crippen MR) is 117 cm³/mol. The number of hydrogen-bond donors (Lipinski definition) is 2. The molecule has 0 aromatic heterocycles. The molecule has 0 bridgehead atoms. The molecule has 1 atom stereocenters. The predicted octanol–water partition coefficient (Wildman–Crippen LogP) is 3.64. The topological polar surface area (TPSA) is 58.1 Å². The Morgan fingerprint density at radius 3 is 2.48 bits per heavy atom. The second-order valence-corrected chi connectivity index (χ2v) is 7.31. The van der Waals surface area contributed by atoms with Crippen LogP contribution in [0.4, 0.5) is 0 Å². The lowest BCUT2D eigenvalue weighted by Gasteiger charge is -2.21. The highest BCUT2D eigenvalue weighted by Crippen LogP contribution is 2.36. The minimum absolute atomic E-state index is 0.365. The normalized spacial score (nSPS) is 12.8. The van der Waals surface area contributed by atoms with E-state index in [4.69, 9.17) is 9.47 Å². The van der Waals surface area contributed by atoms with Crippen LogP contribution >= 0.6 is 15.9 Å². The van der Waals surface area contributed by atoms with Crippen LogP contribution in [0.3, 0.4) is 0 Å². The first-order valence-corrected chi connectivity index (χ1v) is 10.4. The average molecular weight is 443 g/mol. The molecule has 2 N–H and O–H groups in total. The lowest BCUT2D eigenvalue weighted by atomic mass is 10.1. The van der Waals surface area contributed by atoms with Gasteiger partial charge in [0, 0.05) is 19.6 Å². The summed E-state index contributed by atoms with van der Waals surface area (Å²) in [7, 11) is 5.07. The van der Waals surface area contributed by atoms with Gasteiger partial charge in [-0.25, -0.2) is 0 Å². The molecule has 0 heterocycles. The van der Waals surface area contributed by atoms with E-state index in [0.29, 0.717) is 24.1 Å². The van der Waals surface area contributed by atoms with Crippen LogP contribution in [0.2, 0.25) is 0 Å². The molecule has 0 spiro atoms. The van der Waals surface area contributed by atoms with E-state index < -0.39 is 0 Å². The number of halogens is 1. The molecule has 0 aliphatic rings. The van der Waals surface area contributed by atoms with E-state index in [0.717, 1.165) is 42.1 Å². The smallest absolute Gasteiger partial charge is 0.191 e. The zero-order valence-electron chi connectivity index (χ0n) is 17.6. The highest BCUT2D eigenvalue weighted by atomic mass is 79.9. The van der Waals surface area contributed by atoms with Crippen LogP contribution < -0.4 is 20.1 Å². The number of hydrogen-bond acceptors (Lipinski definition) is 4. The summed E-state index contributed by atoms with van der Waals surface area (Å²) in [6.07, 6.45) is 2.29. The second kappa shape index (κ2) is 12.8. The molecule has 0 saturated carbocycles. The number of nitrogens with zero attached hydrogens (tertiary/aromatic N) is 2. The Balaban J connectivity index is 2.54. The van der Waals surface area contributed by atoms with Crippen molar-refractivity contribution in [2.45, 2.75) is 46.2 Å². The molecule has 0 aliphatic carbocycles. The van der Waals surface area contributed by atoms with Crippen molar-refractivity contribution in [3.63, 3.8) is 0 Å². The maximum atomic E-state index is 5.40. The maximum absolute atomic E-state index is 5.40. The molecular weight excluding hydrogens is 408 g/mol. The number of rotatable bonds is 11. The number of benzene rings is 1. The van der Waals surface area contributed by atoms with Crippen LogP contribution in [0.15, 0.2) is 21.6 Å². The Morgan fingerprint density at radius 2 is 1.93 bits per heavy atom. The van der Waals surface area contributed by atoms with Gasteiger partial charge in [-0.1, -0.05) is 13.8 Å². The molecule has 0 saturated heterocycles. The van der Waals surface area contributed by atoms with Gasteiger partial charge in [0.25, 0.3) is 0 Å². The molecule has 27 heavy (non-hydrogen) atoms. The molecule has 6 nitrogen and oxygen atoms in total. The van der Waals surface area contributed by atoms with Crippen LogP contribution in [0, 0.1) is 0 Å². The Bertz CT molecular complexity index is 592. The summed E-state index contributed by atoms with van der Waals surface area (Å²) < 4.78 is 11.6. The largest absolute Gasteiger partial charge is 0.493 e. The van der Waals surface area contributed by atoms with Crippen molar-refractivity contribution < 1.29 is 9.47 Å². The lowest BCUT2D eigenvalue weighted by molar-refractivity contribution is 0.292. The number of methoxy groups -OCH3 is 2. The van der Waals surface area contributed by atoms with E-state index in [2.05, 4.69) is 57.2 Å². The minimum atomic E-state index is 0.365. The summed E-state index contributed by atoms with van der Waals surface area (Å²) >= 11 is 3.53. The highest BCUT2D eigenvalue weighted by molar-refractivity contribution is 9.10. The van der Waals surface area contributed by atoms with Crippen LogP contribution in [0.25, 0.3) is 0 Å². The van der Waals surface area contributed by atoms with Gasteiger partial charge in [-0.05, 0) is 73.0 Å². The molecule has 1 aromatic carbocycles. The lowest BCUT2D eigenvalue weighted by Crippen LogP contribution is -2.42. The number of ether oxygens (including phenoxy) is 2. The first-order valence-electron chi connectivity index (χ1n) is 9.58. The summed E-state index contributed by atoms with van der Waals surface area (Å²) in [5.74, 6) is 2.21. The van der Waals surface area contributed by atoms with Gasteiger partial charge >= 0.3 is 0 Å². The number of aliphatic imine (C=N–C) groups is 1. The van der Waals surface area contributed by atoms with Crippen molar-refractivity contribution in [2.75, 3.05) is 40.9 Å². The van der Waals surface area contributed by atoms with Crippen molar-refractivity contribution in [3.05, 3.63) is 22.2 Å². The maximum Gasteiger partial charge on any atom is 0.191 e.